The Balaban J connectivity index is 1.57. The maximum absolute atomic E-state index is 15.9. The SMILES string of the molecule is O=C1[C@H]2[C@H](C(=O)N1c1ccccc1Br)[C@]1(c3ccc(Cl)cc3)C(=O)[C@@]2(c2ccc(Cl)cc2)C(c2ccccc2)=C1c1ccccc1. The van der Waals surface area contributed by atoms with E-state index in [1.165, 1.54) is 4.90 Å². The number of halogens is 3. The van der Waals surface area contributed by atoms with Gasteiger partial charge in [-0.15, -0.1) is 0 Å². The number of amides is 2. The molecular formula is C39H24BrCl2NO3. The molecule has 0 unspecified atom stereocenters. The van der Waals surface area contributed by atoms with Crippen molar-refractivity contribution in [2.75, 3.05) is 4.90 Å². The Morgan fingerprint density at radius 1 is 0.522 bits per heavy atom. The van der Waals surface area contributed by atoms with Crippen LogP contribution in [0.25, 0.3) is 11.1 Å². The van der Waals surface area contributed by atoms with Crippen LogP contribution in [0.5, 0.6) is 0 Å². The number of nitrogens with zero attached hydrogens (tertiary/aromatic N) is 1. The van der Waals surface area contributed by atoms with Gasteiger partial charge in [-0.3, -0.25) is 14.4 Å². The fourth-order valence-corrected chi connectivity index (χ4v) is 8.94. The van der Waals surface area contributed by atoms with Gasteiger partial charge < -0.3 is 0 Å². The van der Waals surface area contributed by atoms with Crippen LogP contribution in [0.1, 0.15) is 22.3 Å². The van der Waals surface area contributed by atoms with Gasteiger partial charge in [0.15, 0.2) is 5.78 Å². The number of carbonyl (C=O) groups is 3. The quantitative estimate of drug-likeness (QED) is 0.172. The van der Waals surface area contributed by atoms with E-state index in [9.17, 15) is 0 Å². The van der Waals surface area contributed by atoms with E-state index >= 15 is 14.4 Å². The first-order chi connectivity index (χ1) is 22.3. The summed E-state index contributed by atoms with van der Waals surface area (Å²) in [5.74, 6) is -3.09. The third-order valence-electron chi connectivity index (χ3n) is 9.81. The Hall–Kier alpha value is -4.29. The molecule has 0 radical (unpaired) electrons. The molecule has 5 aromatic rings. The van der Waals surface area contributed by atoms with Crippen LogP contribution in [0.4, 0.5) is 5.69 Å². The minimum Gasteiger partial charge on any atom is -0.297 e. The lowest BCUT2D eigenvalue weighted by molar-refractivity contribution is -0.130. The van der Waals surface area contributed by atoms with Crippen LogP contribution in [-0.2, 0) is 25.2 Å². The number of carbonyl (C=O) groups excluding carboxylic acids is 3. The number of ketones is 1. The topological polar surface area (TPSA) is 54.5 Å². The van der Waals surface area contributed by atoms with Gasteiger partial charge in [-0.25, -0.2) is 4.90 Å². The Labute approximate surface area is 284 Å². The molecule has 8 rings (SSSR count). The van der Waals surface area contributed by atoms with Gasteiger partial charge in [0, 0.05) is 14.5 Å². The molecule has 4 nitrogen and oxygen atoms in total. The Bertz CT molecular complexity index is 1970. The number of anilines is 1. The molecule has 4 atom stereocenters. The molecule has 224 valence electrons. The molecule has 0 aromatic heterocycles. The minimum atomic E-state index is -1.51. The highest BCUT2D eigenvalue weighted by molar-refractivity contribution is 9.10. The average molecular weight is 705 g/mol. The normalized spacial score (nSPS) is 25.0. The molecule has 46 heavy (non-hydrogen) atoms. The summed E-state index contributed by atoms with van der Waals surface area (Å²) >= 11 is 16.4. The van der Waals surface area contributed by atoms with E-state index in [2.05, 4.69) is 15.9 Å². The van der Waals surface area contributed by atoms with E-state index in [4.69, 9.17) is 23.2 Å². The van der Waals surface area contributed by atoms with Gasteiger partial charge in [0.2, 0.25) is 11.8 Å². The first-order valence-corrected chi connectivity index (χ1v) is 16.4. The molecule has 1 aliphatic heterocycles. The molecule has 1 saturated heterocycles. The summed E-state index contributed by atoms with van der Waals surface area (Å²) < 4.78 is 0.607. The molecule has 1 saturated carbocycles. The second-order valence-electron chi connectivity index (χ2n) is 11.9. The predicted octanol–water partition coefficient (Wildman–Crippen LogP) is 8.94. The van der Waals surface area contributed by atoms with Crippen LogP contribution < -0.4 is 4.90 Å². The number of Topliss-reactive ketones (excluding diaryl/α,β-unsaturated/α-hetero) is 1. The van der Waals surface area contributed by atoms with Crippen molar-refractivity contribution in [2.45, 2.75) is 10.8 Å². The molecule has 2 amide bonds. The van der Waals surface area contributed by atoms with Crippen LogP contribution in [0.15, 0.2) is 138 Å². The van der Waals surface area contributed by atoms with E-state index < -0.39 is 34.5 Å². The average Bonchev–Trinajstić information content (AvgIpc) is 3.58. The zero-order chi connectivity index (χ0) is 31.8. The van der Waals surface area contributed by atoms with Crippen molar-refractivity contribution < 1.29 is 14.4 Å². The largest absolute Gasteiger partial charge is 0.297 e. The zero-order valence-corrected chi connectivity index (χ0v) is 27.3. The summed E-state index contributed by atoms with van der Waals surface area (Å²) in [6.45, 7) is 0. The van der Waals surface area contributed by atoms with Crippen LogP contribution in [-0.4, -0.2) is 17.6 Å². The molecule has 2 fully saturated rings. The van der Waals surface area contributed by atoms with E-state index in [0.29, 0.717) is 31.3 Å². The molecule has 0 N–H and O–H groups in total. The number of imide groups is 1. The van der Waals surface area contributed by atoms with Crippen molar-refractivity contribution in [3.8, 4) is 0 Å². The molecule has 1 heterocycles. The lowest BCUT2D eigenvalue weighted by atomic mass is 9.59. The number of benzene rings is 5. The summed E-state index contributed by atoms with van der Waals surface area (Å²) in [5, 5.41) is 1.00. The molecule has 0 spiro atoms. The number of fused-ring (bicyclic) bond motifs is 5. The highest BCUT2D eigenvalue weighted by Crippen LogP contribution is 2.74. The van der Waals surface area contributed by atoms with E-state index in [-0.39, 0.29) is 5.78 Å². The van der Waals surface area contributed by atoms with E-state index in [1.807, 2.05) is 91.0 Å². The van der Waals surface area contributed by atoms with Crippen molar-refractivity contribution in [3.63, 3.8) is 0 Å². The van der Waals surface area contributed by atoms with E-state index in [0.717, 1.165) is 22.3 Å². The molecular weight excluding hydrogens is 681 g/mol. The second kappa shape index (κ2) is 10.6. The summed E-state index contributed by atoms with van der Waals surface area (Å²) in [6, 6.07) is 40.9. The van der Waals surface area contributed by atoms with Crippen LogP contribution in [0, 0.1) is 11.8 Å². The number of rotatable bonds is 5. The van der Waals surface area contributed by atoms with Crippen molar-refractivity contribution in [1.29, 1.82) is 0 Å². The predicted molar refractivity (Wildman–Crippen MR) is 185 cm³/mol. The summed E-state index contributed by atoms with van der Waals surface area (Å²) in [6.07, 6.45) is 0. The number of para-hydroxylation sites is 1. The maximum Gasteiger partial charge on any atom is 0.239 e. The smallest absolute Gasteiger partial charge is 0.239 e. The fourth-order valence-electron chi connectivity index (χ4n) is 8.23. The number of hydrogen-bond acceptors (Lipinski definition) is 3. The van der Waals surface area contributed by atoms with Gasteiger partial charge in [0.25, 0.3) is 0 Å². The fraction of sp³-hybridized carbons (Fsp3) is 0.103. The lowest BCUT2D eigenvalue weighted by Crippen LogP contribution is -2.45. The van der Waals surface area contributed by atoms with Crippen LogP contribution in [0.3, 0.4) is 0 Å². The molecule has 2 aliphatic carbocycles. The van der Waals surface area contributed by atoms with Gasteiger partial charge in [0.05, 0.1) is 28.4 Å². The molecule has 3 aliphatic rings. The third kappa shape index (κ3) is 3.71. The molecule has 5 aromatic carbocycles. The summed E-state index contributed by atoms with van der Waals surface area (Å²) in [4.78, 5) is 47.3. The highest BCUT2D eigenvalue weighted by atomic mass is 79.9. The number of allylic oxidation sites excluding steroid dienone is 2. The first kappa shape index (κ1) is 29.1. The summed E-state index contributed by atoms with van der Waals surface area (Å²) in [7, 11) is 0. The van der Waals surface area contributed by atoms with Gasteiger partial charge in [0.1, 0.15) is 0 Å². The molecule has 2 bridgehead atoms. The van der Waals surface area contributed by atoms with Gasteiger partial charge in [-0.2, -0.15) is 0 Å². The van der Waals surface area contributed by atoms with E-state index in [1.54, 1.807) is 42.5 Å². The lowest BCUT2D eigenvalue weighted by Gasteiger charge is -2.39. The Morgan fingerprint density at radius 3 is 1.33 bits per heavy atom. The highest BCUT2D eigenvalue weighted by Gasteiger charge is 2.82. The third-order valence-corrected chi connectivity index (χ3v) is 11.0. The maximum atomic E-state index is 15.9. The molecule has 7 heteroatoms. The number of hydrogen-bond donors (Lipinski definition) is 0. The van der Waals surface area contributed by atoms with Gasteiger partial charge >= 0.3 is 0 Å². The van der Waals surface area contributed by atoms with Gasteiger partial charge in [-0.1, -0.05) is 120 Å². The van der Waals surface area contributed by atoms with Crippen molar-refractivity contribution in [3.05, 3.63) is 170 Å². The second-order valence-corrected chi connectivity index (χ2v) is 13.6. The van der Waals surface area contributed by atoms with Crippen LogP contribution >= 0.6 is 39.1 Å². The standard InChI is InChI=1S/C39H24BrCl2NO3/c40-29-13-7-8-14-30(29)43-35(44)33-34(36(43)45)39(26-17-21-28(42)22-18-26)32(24-11-5-2-6-12-24)31(23-9-3-1-4-10-23)38(33,37(39)46)25-15-19-27(41)20-16-25/h1-22,33-34H/t33-,34-,38-,39+/m1/s1. The zero-order valence-electron chi connectivity index (χ0n) is 24.2. The first-order valence-electron chi connectivity index (χ1n) is 14.9. The summed E-state index contributed by atoms with van der Waals surface area (Å²) in [5.41, 5.74) is 1.71. The van der Waals surface area contributed by atoms with Crippen LogP contribution in [0.2, 0.25) is 10.0 Å². The monoisotopic (exact) mass is 703 g/mol. The van der Waals surface area contributed by atoms with Crippen molar-refractivity contribution in [2.24, 2.45) is 11.8 Å². The van der Waals surface area contributed by atoms with Gasteiger partial charge in [-0.05, 0) is 85.7 Å². The van der Waals surface area contributed by atoms with Crippen molar-refractivity contribution in [1.82, 2.24) is 0 Å². The minimum absolute atomic E-state index is 0.203. The Morgan fingerprint density at radius 2 is 0.913 bits per heavy atom. The Kier molecular flexibility index (Phi) is 6.73. The van der Waals surface area contributed by atoms with Crippen molar-refractivity contribution >= 4 is 73.6 Å².